The number of benzene rings is 2. The summed E-state index contributed by atoms with van der Waals surface area (Å²) >= 11 is 5.86. The lowest BCUT2D eigenvalue weighted by atomic mass is 10.2. The highest BCUT2D eigenvalue weighted by Crippen LogP contribution is 2.38. The third kappa shape index (κ3) is 3.97. The zero-order valence-electron chi connectivity index (χ0n) is 13.5. The Labute approximate surface area is 145 Å². The van der Waals surface area contributed by atoms with E-state index in [1.165, 1.54) is 27.5 Å². The first-order valence-corrected chi connectivity index (χ1v) is 7.36. The van der Waals surface area contributed by atoms with E-state index in [0.29, 0.717) is 33.4 Å². The van der Waals surface area contributed by atoms with E-state index in [1.54, 1.807) is 36.4 Å². The van der Waals surface area contributed by atoms with E-state index in [4.69, 9.17) is 25.8 Å². The van der Waals surface area contributed by atoms with Crippen molar-refractivity contribution >= 4 is 23.7 Å². The van der Waals surface area contributed by atoms with Crippen LogP contribution in [0.5, 0.6) is 17.2 Å². The summed E-state index contributed by atoms with van der Waals surface area (Å²) in [5.41, 5.74) is 3.48. The van der Waals surface area contributed by atoms with Crippen LogP contribution in [-0.2, 0) is 0 Å². The van der Waals surface area contributed by atoms with Gasteiger partial charge in [-0.15, -0.1) is 0 Å². The normalized spacial score (nSPS) is 10.5. The predicted octanol–water partition coefficient (Wildman–Crippen LogP) is 3.13. The third-order valence-electron chi connectivity index (χ3n) is 3.19. The topological polar surface area (TPSA) is 69.2 Å². The number of hydrogen-bond acceptors (Lipinski definition) is 5. The van der Waals surface area contributed by atoms with Gasteiger partial charge in [-0.1, -0.05) is 17.7 Å². The van der Waals surface area contributed by atoms with E-state index in [2.05, 4.69) is 10.5 Å². The number of rotatable bonds is 6. The highest BCUT2D eigenvalue weighted by Gasteiger charge is 2.14. The molecule has 1 N–H and O–H groups in total. The van der Waals surface area contributed by atoms with Gasteiger partial charge in [0, 0.05) is 16.1 Å². The smallest absolute Gasteiger partial charge is 0.271 e. The van der Waals surface area contributed by atoms with Crippen LogP contribution < -0.4 is 19.6 Å². The Kier molecular flexibility index (Phi) is 6.03. The van der Waals surface area contributed by atoms with Gasteiger partial charge in [-0.2, -0.15) is 5.10 Å². The fourth-order valence-electron chi connectivity index (χ4n) is 2.08. The Morgan fingerprint density at radius 1 is 1.08 bits per heavy atom. The average Bonchev–Trinajstić information content (AvgIpc) is 2.60. The highest BCUT2D eigenvalue weighted by atomic mass is 35.5. The molecule has 0 aliphatic rings. The van der Waals surface area contributed by atoms with Gasteiger partial charge in [0.2, 0.25) is 5.75 Å². The van der Waals surface area contributed by atoms with Crippen LogP contribution in [0.1, 0.15) is 15.9 Å². The molecule has 0 unspecified atom stereocenters. The minimum atomic E-state index is -0.367. The Balaban J connectivity index is 2.18. The molecule has 2 aromatic rings. The fraction of sp³-hybridized carbons (Fsp3) is 0.176. The first kappa shape index (κ1) is 17.6. The van der Waals surface area contributed by atoms with Crippen molar-refractivity contribution in [1.29, 1.82) is 0 Å². The van der Waals surface area contributed by atoms with Crippen LogP contribution in [0.2, 0.25) is 5.02 Å². The molecule has 126 valence electrons. The van der Waals surface area contributed by atoms with Crippen LogP contribution in [0.3, 0.4) is 0 Å². The summed E-state index contributed by atoms with van der Waals surface area (Å²) in [6.45, 7) is 0. The van der Waals surface area contributed by atoms with Gasteiger partial charge in [0.1, 0.15) is 0 Å². The Hall–Kier alpha value is -2.73. The first-order chi connectivity index (χ1) is 11.6. The van der Waals surface area contributed by atoms with E-state index in [-0.39, 0.29) is 5.91 Å². The number of halogens is 1. The molecule has 0 aromatic heterocycles. The van der Waals surface area contributed by atoms with Gasteiger partial charge in [0.25, 0.3) is 5.91 Å². The summed E-state index contributed by atoms with van der Waals surface area (Å²) in [5.74, 6) is 1.07. The molecule has 0 radical (unpaired) electrons. The zero-order chi connectivity index (χ0) is 17.5. The molecular formula is C17H17ClN2O4. The molecule has 0 spiro atoms. The number of nitrogens with one attached hydrogen (secondary N) is 1. The number of nitrogens with zero attached hydrogens (tertiary/aromatic N) is 1. The summed E-state index contributed by atoms with van der Waals surface area (Å²) < 4.78 is 15.9. The predicted molar refractivity (Wildman–Crippen MR) is 92.6 cm³/mol. The molecule has 2 aromatic carbocycles. The van der Waals surface area contributed by atoms with Crippen molar-refractivity contribution in [1.82, 2.24) is 5.43 Å². The van der Waals surface area contributed by atoms with Gasteiger partial charge >= 0.3 is 0 Å². The van der Waals surface area contributed by atoms with Crippen LogP contribution in [0.25, 0.3) is 0 Å². The molecule has 0 aliphatic carbocycles. The quantitative estimate of drug-likeness (QED) is 0.643. The number of amides is 1. The molecule has 0 saturated heterocycles. The van der Waals surface area contributed by atoms with Crippen LogP contribution in [-0.4, -0.2) is 33.5 Å². The van der Waals surface area contributed by atoms with Gasteiger partial charge in [-0.25, -0.2) is 5.43 Å². The van der Waals surface area contributed by atoms with Gasteiger partial charge in [0.05, 0.1) is 27.5 Å². The lowest BCUT2D eigenvalue weighted by molar-refractivity contribution is 0.0955. The van der Waals surface area contributed by atoms with Gasteiger partial charge < -0.3 is 14.2 Å². The standard InChI is InChI=1S/C17H17ClN2O4/c1-22-14-8-7-12(15(23-2)16(14)24-3)10-19-20-17(21)11-5-4-6-13(18)9-11/h4-10H,1-3H3,(H,20,21)/b19-10+. The van der Waals surface area contributed by atoms with E-state index in [1.807, 2.05) is 0 Å². The van der Waals surface area contributed by atoms with Gasteiger partial charge in [-0.3, -0.25) is 4.79 Å². The lowest BCUT2D eigenvalue weighted by Crippen LogP contribution is -2.17. The van der Waals surface area contributed by atoms with Crippen molar-refractivity contribution in [2.45, 2.75) is 0 Å². The Morgan fingerprint density at radius 3 is 2.46 bits per heavy atom. The number of carbonyl (C=O) groups is 1. The molecule has 1 amide bonds. The summed E-state index contributed by atoms with van der Waals surface area (Å²) in [6.07, 6.45) is 1.46. The summed E-state index contributed by atoms with van der Waals surface area (Å²) in [5, 5.41) is 4.42. The maximum atomic E-state index is 12.0. The summed E-state index contributed by atoms with van der Waals surface area (Å²) in [7, 11) is 4.57. The van der Waals surface area contributed by atoms with Crippen LogP contribution in [0, 0.1) is 0 Å². The molecule has 0 saturated carbocycles. The number of methoxy groups -OCH3 is 3. The van der Waals surface area contributed by atoms with E-state index < -0.39 is 0 Å². The van der Waals surface area contributed by atoms with Crippen molar-refractivity contribution in [2.75, 3.05) is 21.3 Å². The number of hydrazone groups is 1. The van der Waals surface area contributed by atoms with E-state index in [0.717, 1.165) is 0 Å². The van der Waals surface area contributed by atoms with Crippen molar-refractivity contribution in [3.8, 4) is 17.2 Å². The first-order valence-electron chi connectivity index (χ1n) is 6.98. The second-order valence-corrected chi connectivity index (χ2v) is 5.07. The van der Waals surface area contributed by atoms with Crippen LogP contribution in [0.4, 0.5) is 0 Å². The van der Waals surface area contributed by atoms with Crippen molar-refractivity contribution in [2.24, 2.45) is 5.10 Å². The van der Waals surface area contributed by atoms with Crippen LogP contribution >= 0.6 is 11.6 Å². The molecule has 7 heteroatoms. The third-order valence-corrected chi connectivity index (χ3v) is 3.43. The van der Waals surface area contributed by atoms with E-state index in [9.17, 15) is 4.79 Å². The molecular weight excluding hydrogens is 332 g/mol. The minimum Gasteiger partial charge on any atom is -0.493 e. The number of hydrogen-bond donors (Lipinski definition) is 1. The molecule has 0 atom stereocenters. The fourth-order valence-corrected chi connectivity index (χ4v) is 2.27. The summed E-state index contributed by atoms with van der Waals surface area (Å²) in [4.78, 5) is 12.0. The van der Waals surface area contributed by atoms with Gasteiger partial charge in [0.15, 0.2) is 11.5 Å². The molecule has 0 aliphatic heterocycles. The largest absolute Gasteiger partial charge is 0.493 e. The molecule has 0 bridgehead atoms. The molecule has 0 fully saturated rings. The van der Waals surface area contributed by atoms with Crippen molar-refractivity contribution in [3.05, 3.63) is 52.5 Å². The molecule has 0 heterocycles. The number of carbonyl (C=O) groups excluding carboxylic acids is 1. The molecule has 2 rings (SSSR count). The molecule has 6 nitrogen and oxygen atoms in total. The zero-order valence-corrected chi connectivity index (χ0v) is 14.3. The van der Waals surface area contributed by atoms with Crippen LogP contribution in [0.15, 0.2) is 41.5 Å². The minimum absolute atomic E-state index is 0.367. The Morgan fingerprint density at radius 2 is 1.83 bits per heavy atom. The molecule has 24 heavy (non-hydrogen) atoms. The number of ether oxygens (including phenoxy) is 3. The maximum Gasteiger partial charge on any atom is 0.271 e. The maximum absolute atomic E-state index is 12.0. The van der Waals surface area contributed by atoms with Crippen molar-refractivity contribution < 1.29 is 19.0 Å². The summed E-state index contributed by atoms with van der Waals surface area (Å²) in [6, 6.07) is 10.1. The highest BCUT2D eigenvalue weighted by molar-refractivity contribution is 6.30. The second kappa shape index (κ2) is 8.21. The van der Waals surface area contributed by atoms with E-state index >= 15 is 0 Å². The average molecular weight is 349 g/mol. The van der Waals surface area contributed by atoms with Gasteiger partial charge in [-0.05, 0) is 30.3 Å². The van der Waals surface area contributed by atoms with Crippen molar-refractivity contribution in [3.63, 3.8) is 0 Å². The second-order valence-electron chi connectivity index (χ2n) is 4.63. The lowest BCUT2D eigenvalue weighted by Gasteiger charge is -2.13. The Bertz CT molecular complexity index is 762. The SMILES string of the molecule is COc1ccc(/C=N/NC(=O)c2cccc(Cl)c2)c(OC)c1OC. The monoisotopic (exact) mass is 348 g/mol.